The summed E-state index contributed by atoms with van der Waals surface area (Å²) in [7, 11) is 1.96. The summed E-state index contributed by atoms with van der Waals surface area (Å²) in [6.45, 7) is 4.13. The van der Waals surface area contributed by atoms with E-state index in [0.717, 1.165) is 17.7 Å². The second kappa shape index (κ2) is 4.72. The van der Waals surface area contributed by atoms with Gasteiger partial charge >= 0.3 is 0 Å². The first kappa shape index (κ1) is 11.9. The molecule has 0 spiro atoms. The van der Waals surface area contributed by atoms with Crippen LogP contribution in [0.2, 0.25) is 0 Å². The van der Waals surface area contributed by atoms with Gasteiger partial charge in [-0.25, -0.2) is 0 Å². The molecule has 0 radical (unpaired) electrons. The average Bonchev–Trinajstić information content (AvgIpc) is 2.70. The van der Waals surface area contributed by atoms with Gasteiger partial charge in [0.15, 0.2) is 0 Å². The van der Waals surface area contributed by atoms with E-state index in [0.29, 0.717) is 0 Å². The summed E-state index contributed by atoms with van der Waals surface area (Å²) in [5.41, 5.74) is 10.6. The lowest BCUT2D eigenvalue weighted by atomic mass is 10.0. The quantitative estimate of drug-likeness (QED) is 0.879. The number of hydrogen-bond donors (Lipinski definition) is 1. The van der Waals surface area contributed by atoms with E-state index in [1.165, 1.54) is 11.1 Å². The average molecular weight is 229 g/mol. The highest BCUT2D eigenvalue weighted by molar-refractivity contribution is 5.66. The molecule has 1 aromatic heterocycles. The Bertz CT molecular complexity index is 512. The molecule has 1 aromatic carbocycles. The van der Waals surface area contributed by atoms with Crippen LogP contribution in [0.3, 0.4) is 0 Å². The van der Waals surface area contributed by atoms with Crippen LogP contribution in [0.5, 0.6) is 0 Å². The molecule has 0 fully saturated rings. The van der Waals surface area contributed by atoms with Crippen LogP contribution >= 0.6 is 0 Å². The van der Waals surface area contributed by atoms with E-state index >= 15 is 0 Å². The van der Waals surface area contributed by atoms with Gasteiger partial charge in [-0.3, -0.25) is 4.68 Å². The zero-order chi connectivity index (χ0) is 12.4. The molecule has 0 aliphatic rings. The maximum atomic E-state index is 5.92. The highest BCUT2D eigenvalue weighted by atomic mass is 15.2. The molecular formula is C14H19N3. The van der Waals surface area contributed by atoms with Gasteiger partial charge in [-0.1, -0.05) is 25.1 Å². The Balaban J connectivity index is 2.48. The van der Waals surface area contributed by atoms with Crippen molar-refractivity contribution in [3.63, 3.8) is 0 Å². The Morgan fingerprint density at radius 1 is 1.41 bits per heavy atom. The summed E-state index contributed by atoms with van der Waals surface area (Å²) in [6.07, 6.45) is 3.01. The molecule has 0 saturated heterocycles. The third kappa shape index (κ3) is 2.39. The van der Waals surface area contributed by atoms with Crippen molar-refractivity contribution in [1.29, 1.82) is 0 Å². The second-order valence-electron chi connectivity index (χ2n) is 4.43. The molecule has 0 saturated carbocycles. The topological polar surface area (TPSA) is 43.8 Å². The zero-order valence-corrected chi connectivity index (χ0v) is 10.6. The molecule has 1 atom stereocenters. The first-order chi connectivity index (χ1) is 8.11. The molecule has 2 N–H and O–H groups in total. The van der Waals surface area contributed by atoms with Gasteiger partial charge in [-0.15, -0.1) is 0 Å². The fourth-order valence-electron chi connectivity index (χ4n) is 2.03. The van der Waals surface area contributed by atoms with Crippen LogP contribution in [0.4, 0.5) is 0 Å². The van der Waals surface area contributed by atoms with Crippen molar-refractivity contribution in [3.8, 4) is 11.1 Å². The minimum absolute atomic E-state index is 0.0664. The van der Waals surface area contributed by atoms with Gasteiger partial charge in [0, 0.05) is 24.8 Å². The smallest absolute Gasteiger partial charge is 0.0700 e. The summed E-state index contributed by atoms with van der Waals surface area (Å²) in [5, 5.41) is 4.47. The molecule has 3 heteroatoms. The molecule has 3 nitrogen and oxygen atoms in total. The van der Waals surface area contributed by atoms with Crippen LogP contribution in [-0.4, -0.2) is 9.78 Å². The maximum Gasteiger partial charge on any atom is 0.0700 e. The van der Waals surface area contributed by atoms with E-state index in [1.807, 2.05) is 18.7 Å². The van der Waals surface area contributed by atoms with E-state index < -0.39 is 0 Å². The number of rotatable bonds is 3. The summed E-state index contributed by atoms with van der Waals surface area (Å²) in [4.78, 5) is 0. The van der Waals surface area contributed by atoms with Crippen molar-refractivity contribution in [2.24, 2.45) is 12.8 Å². The summed E-state index contributed by atoms with van der Waals surface area (Å²) < 4.78 is 1.87. The van der Waals surface area contributed by atoms with Gasteiger partial charge in [0.05, 0.1) is 5.69 Å². The Morgan fingerprint density at radius 3 is 2.82 bits per heavy atom. The Labute approximate surface area is 102 Å². The highest BCUT2D eigenvalue weighted by Crippen LogP contribution is 2.25. The van der Waals surface area contributed by atoms with Gasteiger partial charge in [0.2, 0.25) is 0 Å². The molecule has 0 aliphatic heterocycles. The first-order valence-electron chi connectivity index (χ1n) is 6.00. The number of aryl methyl sites for hydroxylation is 2. The van der Waals surface area contributed by atoms with Crippen LogP contribution in [0.1, 0.15) is 31.1 Å². The number of benzene rings is 1. The molecule has 1 unspecified atom stereocenters. The van der Waals surface area contributed by atoms with Crippen molar-refractivity contribution in [2.75, 3.05) is 0 Å². The normalized spacial score (nSPS) is 12.7. The van der Waals surface area contributed by atoms with Gasteiger partial charge in [0.1, 0.15) is 0 Å². The van der Waals surface area contributed by atoms with Crippen molar-refractivity contribution in [1.82, 2.24) is 9.78 Å². The monoisotopic (exact) mass is 229 g/mol. The fourth-order valence-corrected chi connectivity index (χ4v) is 2.03. The molecule has 0 bridgehead atoms. The maximum absolute atomic E-state index is 5.92. The number of nitrogens with two attached hydrogens (primary N) is 1. The van der Waals surface area contributed by atoms with Crippen LogP contribution in [0.25, 0.3) is 11.1 Å². The lowest BCUT2D eigenvalue weighted by molar-refractivity contribution is 0.746. The fraction of sp³-hybridized carbons (Fsp3) is 0.357. The van der Waals surface area contributed by atoms with Crippen molar-refractivity contribution < 1.29 is 0 Å². The lowest BCUT2D eigenvalue weighted by Gasteiger charge is -2.07. The number of hydrogen-bond acceptors (Lipinski definition) is 2. The van der Waals surface area contributed by atoms with Crippen LogP contribution in [0, 0.1) is 0 Å². The molecule has 0 amide bonds. The standard InChI is InChI=1S/C14H19N3/c1-4-14-13(9-17(3)16-14)12-7-5-6-11(8-12)10(2)15/h5-10H,4,15H2,1-3H3. The van der Waals surface area contributed by atoms with E-state index in [2.05, 4.69) is 42.5 Å². The van der Waals surface area contributed by atoms with Crippen LogP contribution in [0.15, 0.2) is 30.5 Å². The molecule has 2 rings (SSSR count). The third-order valence-electron chi connectivity index (χ3n) is 2.96. The molecule has 1 heterocycles. The second-order valence-corrected chi connectivity index (χ2v) is 4.43. The Morgan fingerprint density at radius 2 is 2.18 bits per heavy atom. The summed E-state index contributed by atoms with van der Waals surface area (Å²) >= 11 is 0. The minimum Gasteiger partial charge on any atom is -0.324 e. The van der Waals surface area contributed by atoms with Gasteiger partial charge in [-0.05, 0) is 30.5 Å². The SMILES string of the molecule is CCc1nn(C)cc1-c1cccc(C(C)N)c1. The van der Waals surface area contributed by atoms with Crippen molar-refractivity contribution >= 4 is 0 Å². The van der Waals surface area contributed by atoms with Gasteiger partial charge < -0.3 is 5.73 Å². The number of aromatic nitrogens is 2. The zero-order valence-electron chi connectivity index (χ0n) is 10.6. The molecule has 0 aliphatic carbocycles. The molecule has 2 aromatic rings. The van der Waals surface area contributed by atoms with Crippen molar-refractivity contribution in [3.05, 3.63) is 41.7 Å². The largest absolute Gasteiger partial charge is 0.324 e. The van der Waals surface area contributed by atoms with Crippen LogP contribution < -0.4 is 5.73 Å². The van der Waals surface area contributed by atoms with E-state index in [4.69, 9.17) is 5.73 Å². The molecular weight excluding hydrogens is 210 g/mol. The Hall–Kier alpha value is -1.61. The van der Waals surface area contributed by atoms with E-state index in [9.17, 15) is 0 Å². The highest BCUT2D eigenvalue weighted by Gasteiger charge is 2.09. The third-order valence-corrected chi connectivity index (χ3v) is 2.96. The van der Waals surface area contributed by atoms with Gasteiger partial charge in [-0.2, -0.15) is 5.10 Å². The molecule has 17 heavy (non-hydrogen) atoms. The first-order valence-corrected chi connectivity index (χ1v) is 6.00. The van der Waals surface area contributed by atoms with E-state index in [1.54, 1.807) is 0 Å². The Kier molecular flexibility index (Phi) is 3.29. The molecule has 90 valence electrons. The van der Waals surface area contributed by atoms with Gasteiger partial charge in [0.25, 0.3) is 0 Å². The predicted octanol–water partition coefficient (Wildman–Crippen LogP) is 2.67. The summed E-state index contributed by atoms with van der Waals surface area (Å²) in [5.74, 6) is 0. The van der Waals surface area contributed by atoms with Crippen molar-refractivity contribution in [2.45, 2.75) is 26.3 Å². The van der Waals surface area contributed by atoms with E-state index in [-0.39, 0.29) is 6.04 Å². The minimum atomic E-state index is 0.0664. The van der Waals surface area contributed by atoms with Crippen LogP contribution in [-0.2, 0) is 13.5 Å². The predicted molar refractivity (Wildman–Crippen MR) is 70.6 cm³/mol. The number of nitrogens with zero attached hydrogens (tertiary/aromatic N) is 2. The summed E-state index contributed by atoms with van der Waals surface area (Å²) in [6, 6.07) is 8.45. The lowest BCUT2D eigenvalue weighted by Crippen LogP contribution is -2.04.